The van der Waals surface area contributed by atoms with Crippen molar-refractivity contribution in [1.82, 2.24) is 4.72 Å². The highest BCUT2D eigenvalue weighted by Gasteiger charge is 2.28. The van der Waals surface area contributed by atoms with Gasteiger partial charge < -0.3 is 4.74 Å². The van der Waals surface area contributed by atoms with E-state index >= 15 is 0 Å². The van der Waals surface area contributed by atoms with Crippen LogP contribution in [0.3, 0.4) is 0 Å². The molecule has 1 aromatic heterocycles. The van der Waals surface area contributed by atoms with Gasteiger partial charge >= 0.3 is 0 Å². The van der Waals surface area contributed by atoms with E-state index in [0.29, 0.717) is 15.2 Å². The van der Waals surface area contributed by atoms with Gasteiger partial charge in [-0.3, -0.25) is 0 Å². The molecule has 0 aliphatic carbocycles. The fourth-order valence-electron chi connectivity index (χ4n) is 2.13. The molecule has 1 aliphatic heterocycles. The number of thiophene rings is 1. The van der Waals surface area contributed by atoms with Crippen LogP contribution in [0.5, 0.6) is 0 Å². The Morgan fingerprint density at radius 2 is 2.39 bits per heavy atom. The van der Waals surface area contributed by atoms with E-state index in [1.807, 2.05) is 0 Å². The van der Waals surface area contributed by atoms with Crippen LogP contribution in [-0.2, 0) is 14.8 Å². The first-order valence-corrected chi connectivity index (χ1v) is 9.04. The van der Waals surface area contributed by atoms with E-state index in [4.69, 9.17) is 4.74 Å². The van der Waals surface area contributed by atoms with E-state index in [2.05, 4.69) is 27.6 Å². The van der Waals surface area contributed by atoms with Crippen LogP contribution in [0.1, 0.15) is 19.8 Å². The quantitative estimate of drug-likeness (QED) is 0.884. The summed E-state index contributed by atoms with van der Waals surface area (Å²) in [6, 6.07) is 1.74. The SMILES string of the molecule is CCC1OCCC1CNS(=O)(=O)c1sccc1Br. The van der Waals surface area contributed by atoms with Crippen LogP contribution in [0.25, 0.3) is 0 Å². The highest BCUT2D eigenvalue weighted by molar-refractivity contribution is 9.10. The maximum atomic E-state index is 12.1. The average Bonchev–Trinajstić information content (AvgIpc) is 2.94. The summed E-state index contributed by atoms with van der Waals surface area (Å²) >= 11 is 4.46. The summed E-state index contributed by atoms with van der Waals surface area (Å²) in [6.07, 6.45) is 2.03. The lowest BCUT2D eigenvalue weighted by Gasteiger charge is -2.17. The number of halogens is 1. The van der Waals surface area contributed by atoms with Crippen molar-refractivity contribution in [2.75, 3.05) is 13.2 Å². The Morgan fingerprint density at radius 1 is 1.61 bits per heavy atom. The lowest BCUT2D eigenvalue weighted by atomic mass is 10.0. The number of nitrogens with one attached hydrogen (secondary N) is 1. The van der Waals surface area contributed by atoms with E-state index in [-0.39, 0.29) is 12.0 Å². The normalized spacial score (nSPS) is 24.6. The van der Waals surface area contributed by atoms with Gasteiger partial charge in [-0.05, 0) is 40.2 Å². The summed E-state index contributed by atoms with van der Waals surface area (Å²) in [5, 5.41) is 1.76. The van der Waals surface area contributed by atoms with Crippen LogP contribution in [-0.4, -0.2) is 27.7 Å². The first-order chi connectivity index (χ1) is 8.54. The smallest absolute Gasteiger partial charge is 0.251 e. The van der Waals surface area contributed by atoms with Crippen LogP contribution in [0, 0.1) is 5.92 Å². The molecule has 2 atom stereocenters. The Hall–Kier alpha value is 0.0500. The van der Waals surface area contributed by atoms with Crippen LogP contribution in [0.2, 0.25) is 0 Å². The molecule has 1 fully saturated rings. The van der Waals surface area contributed by atoms with Gasteiger partial charge in [-0.1, -0.05) is 6.92 Å². The minimum absolute atomic E-state index is 0.180. The summed E-state index contributed by atoms with van der Waals surface area (Å²) in [5.74, 6) is 0.281. The molecule has 7 heteroatoms. The molecule has 0 spiro atoms. The molecular formula is C11H16BrNO3S2. The van der Waals surface area contributed by atoms with Crippen LogP contribution < -0.4 is 4.72 Å². The third-order valence-electron chi connectivity index (χ3n) is 3.11. The van der Waals surface area contributed by atoms with Gasteiger partial charge in [0, 0.05) is 23.5 Å². The molecule has 1 saturated heterocycles. The highest BCUT2D eigenvalue weighted by Crippen LogP contribution is 2.28. The largest absolute Gasteiger partial charge is 0.378 e. The molecule has 102 valence electrons. The van der Waals surface area contributed by atoms with Gasteiger partial charge in [-0.25, -0.2) is 13.1 Å². The van der Waals surface area contributed by atoms with Crippen molar-refractivity contribution < 1.29 is 13.2 Å². The third-order valence-corrected chi connectivity index (χ3v) is 7.21. The topological polar surface area (TPSA) is 55.4 Å². The van der Waals surface area contributed by atoms with Gasteiger partial charge in [-0.2, -0.15) is 0 Å². The van der Waals surface area contributed by atoms with E-state index in [0.717, 1.165) is 19.4 Å². The zero-order valence-corrected chi connectivity index (χ0v) is 13.3. The van der Waals surface area contributed by atoms with E-state index in [9.17, 15) is 8.42 Å². The molecule has 2 unspecified atom stereocenters. The first kappa shape index (κ1) is 14.5. The number of hydrogen-bond donors (Lipinski definition) is 1. The second kappa shape index (κ2) is 6.00. The Labute approximate surface area is 120 Å². The lowest BCUT2D eigenvalue weighted by Crippen LogP contribution is -2.32. The second-order valence-corrected chi connectivity index (χ2v) is 8.01. The first-order valence-electron chi connectivity index (χ1n) is 5.89. The minimum atomic E-state index is -3.40. The van der Waals surface area contributed by atoms with Gasteiger partial charge in [0.25, 0.3) is 10.0 Å². The van der Waals surface area contributed by atoms with Crippen molar-refractivity contribution in [3.8, 4) is 0 Å². The van der Waals surface area contributed by atoms with Crippen molar-refractivity contribution in [3.05, 3.63) is 15.9 Å². The third kappa shape index (κ3) is 3.14. The van der Waals surface area contributed by atoms with Gasteiger partial charge in [-0.15, -0.1) is 11.3 Å². The Balaban J connectivity index is 2.00. The highest BCUT2D eigenvalue weighted by atomic mass is 79.9. The van der Waals surface area contributed by atoms with Crippen molar-refractivity contribution in [2.24, 2.45) is 5.92 Å². The van der Waals surface area contributed by atoms with Crippen molar-refractivity contribution in [3.63, 3.8) is 0 Å². The predicted octanol–water partition coefficient (Wildman–Crippen LogP) is 2.60. The monoisotopic (exact) mass is 353 g/mol. The van der Waals surface area contributed by atoms with Crippen LogP contribution in [0.4, 0.5) is 0 Å². The van der Waals surface area contributed by atoms with Gasteiger partial charge in [0.1, 0.15) is 4.21 Å². The summed E-state index contributed by atoms with van der Waals surface area (Å²) in [7, 11) is -3.40. The van der Waals surface area contributed by atoms with E-state index < -0.39 is 10.0 Å². The van der Waals surface area contributed by atoms with Gasteiger partial charge in [0.2, 0.25) is 0 Å². The second-order valence-electron chi connectivity index (χ2n) is 4.27. The van der Waals surface area contributed by atoms with E-state index in [1.54, 1.807) is 11.4 Å². The number of sulfonamides is 1. The van der Waals surface area contributed by atoms with Crippen molar-refractivity contribution in [2.45, 2.75) is 30.1 Å². The molecule has 2 heterocycles. The predicted molar refractivity (Wildman–Crippen MR) is 75.3 cm³/mol. The summed E-state index contributed by atoms with van der Waals surface area (Å²) in [5.41, 5.74) is 0. The number of hydrogen-bond acceptors (Lipinski definition) is 4. The Morgan fingerprint density at radius 3 is 3.00 bits per heavy atom. The molecule has 0 aromatic carbocycles. The molecule has 4 nitrogen and oxygen atoms in total. The summed E-state index contributed by atoms with van der Waals surface area (Å²) in [6.45, 7) is 3.24. The molecule has 1 aromatic rings. The summed E-state index contributed by atoms with van der Waals surface area (Å²) < 4.78 is 33.4. The molecule has 1 N–H and O–H groups in total. The van der Waals surface area contributed by atoms with Crippen LogP contribution in [0.15, 0.2) is 20.1 Å². The minimum Gasteiger partial charge on any atom is -0.378 e. The zero-order chi connectivity index (χ0) is 13.2. The Kier molecular flexibility index (Phi) is 4.82. The number of ether oxygens (including phenoxy) is 1. The average molecular weight is 354 g/mol. The molecule has 0 radical (unpaired) electrons. The fourth-order valence-corrected chi connectivity index (χ4v) is 5.61. The van der Waals surface area contributed by atoms with Gasteiger partial charge in [0.05, 0.1) is 6.10 Å². The fraction of sp³-hybridized carbons (Fsp3) is 0.636. The van der Waals surface area contributed by atoms with Gasteiger partial charge in [0.15, 0.2) is 0 Å². The molecule has 0 saturated carbocycles. The Bertz CT molecular complexity index is 500. The molecule has 0 amide bonds. The van der Waals surface area contributed by atoms with E-state index in [1.165, 1.54) is 11.3 Å². The molecule has 18 heavy (non-hydrogen) atoms. The maximum Gasteiger partial charge on any atom is 0.251 e. The molecule has 0 bridgehead atoms. The summed E-state index contributed by atoms with van der Waals surface area (Å²) in [4.78, 5) is 0. The molecule has 1 aliphatic rings. The standard InChI is InChI=1S/C11H16BrNO3S2/c1-2-10-8(3-5-16-10)7-13-18(14,15)11-9(12)4-6-17-11/h4,6,8,10,13H,2-3,5,7H2,1H3. The van der Waals surface area contributed by atoms with Crippen molar-refractivity contribution in [1.29, 1.82) is 0 Å². The van der Waals surface area contributed by atoms with Crippen molar-refractivity contribution >= 4 is 37.3 Å². The lowest BCUT2D eigenvalue weighted by molar-refractivity contribution is 0.0884. The maximum absolute atomic E-state index is 12.1. The molecule has 2 rings (SSSR count). The number of rotatable bonds is 5. The molecular weight excluding hydrogens is 338 g/mol. The van der Waals surface area contributed by atoms with Crippen LogP contribution >= 0.6 is 27.3 Å². The zero-order valence-electron chi connectivity index (χ0n) is 10.1.